The van der Waals surface area contributed by atoms with E-state index in [-0.39, 0.29) is 6.61 Å². The van der Waals surface area contributed by atoms with Gasteiger partial charge in [-0.25, -0.2) is 0 Å². The molecule has 0 atom stereocenters. The van der Waals surface area contributed by atoms with Crippen LogP contribution in [0.2, 0.25) is 0 Å². The number of nitrogens with two attached hydrogens (primary N) is 1. The third-order valence-corrected chi connectivity index (χ3v) is 2.92. The molecule has 0 fully saturated rings. The summed E-state index contributed by atoms with van der Waals surface area (Å²) in [6.07, 6.45) is 2.79. The van der Waals surface area contributed by atoms with Gasteiger partial charge in [0.25, 0.3) is 5.91 Å². The van der Waals surface area contributed by atoms with Gasteiger partial charge in [0.1, 0.15) is 12.4 Å². The number of carbonyl (C=O) groups is 1. The van der Waals surface area contributed by atoms with Crippen LogP contribution in [0.15, 0.2) is 42.6 Å². The van der Waals surface area contributed by atoms with Gasteiger partial charge in [-0.05, 0) is 30.7 Å². The number of amides is 1. The Balaban J connectivity index is 2.05. The third kappa shape index (κ3) is 4.21. The van der Waals surface area contributed by atoms with Crippen molar-refractivity contribution in [3.8, 4) is 5.75 Å². The maximum atomic E-state index is 11.3. The fourth-order valence-corrected chi connectivity index (χ4v) is 1.88. The number of anilines is 1. The van der Waals surface area contributed by atoms with E-state index in [0.29, 0.717) is 11.3 Å². The predicted octanol–water partition coefficient (Wildman–Crippen LogP) is 2.58. The minimum atomic E-state index is -0.503. The van der Waals surface area contributed by atoms with Crippen molar-refractivity contribution in [2.45, 2.75) is 20.0 Å². The normalized spacial score (nSPS) is 10.1. The Hall–Kier alpha value is -2.56. The van der Waals surface area contributed by atoms with Crippen LogP contribution in [0.25, 0.3) is 0 Å². The molecule has 0 spiro atoms. The van der Waals surface area contributed by atoms with Crippen LogP contribution in [0.5, 0.6) is 5.75 Å². The van der Waals surface area contributed by atoms with E-state index in [0.717, 1.165) is 24.3 Å². The zero-order valence-electron chi connectivity index (χ0n) is 12.0. The zero-order valence-corrected chi connectivity index (χ0v) is 12.0. The number of para-hydroxylation sites is 1. The first-order chi connectivity index (χ1) is 10.2. The van der Waals surface area contributed by atoms with Gasteiger partial charge in [-0.1, -0.05) is 19.1 Å². The number of rotatable bonds is 7. The number of ether oxygens (including phenoxy) is 1. The summed E-state index contributed by atoms with van der Waals surface area (Å²) in [6.45, 7) is 3.31. The van der Waals surface area contributed by atoms with E-state index in [1.54, 1.807) is 30.5 Å². The molecular weight excluding hydrogens is 266 g/mol. The fraction of sp³-hybridized carbons (Fsp3) is 0.250. The van der Waals surface area contributed by atoms with E-state index < -0.39 is 5.91 Å². The Morgan fingerprint density at radius 2 is 2.14 bits per heavy atom. The first kappa shape index (κ1) is 14.8. The number of nitrogens with one attached hydrogen (secondary N) is 1. The number of hydrogen-bond donors (Lipinski definition) is 2. The van der Waals surface area contributed by atoms with Crippen LogP contribution in [0.4, 0.5) is 5.69 Å². The molecular formula is C16H19N3O2. The van der Waals surface area contributed by atoms with Gasteiger partial charge in [-0.2, -0.15) is 0 Å². The summed E-state index contributed by atoms with van der Waals surface area (Å²) in [5.41, 5.74) is 7.49. The van der Waals surface area contributed by atoms with Gasteiger partial charge in [0.15, 0.2) is 0 Å². The second-order valence-electron chi connectivity index (χ2n) is 4.61. The number of carbonyl (C=O) groups excluding carboxylic acids is 1. The standard InChI is InChI=1S/C16H19N3O2/c1-2-8-18-12-7-9-19-13(10-12)11-21-15-6-4-3-5-14(15)16(17)20/h3-7,9-10H,2,8,11H2,1H3,(H2,17,20)(H,18,19). The first-order valence-corrected chi connectivity index (χ1v) is 6.91. The van der Waals surface area contributed by atoms with E-state index in [1.807, 2.05) is 12.1 Å². The summed E-state index contributed by atoms with van der Waals surface area (Å²) in [7, 11) is 0. The van der Waals surface area contributed by atoms with Crippen LogP contribution in [0, 0.1) is 0 Å². The lowest BCUT2D eigenvalue weighted by atomic mass is 10.2. The molecule has 5 heteroatoms. The number of aromatic nitrogens is 1. The summed E-state index contributed by atoms with van der Waals surface area (Å²) in [4.78, 5) is 15.6. The van der Waals surface area contributed by atoms with Gasteiger partial charge in [-0.15, -0.1) is 0 Å². The van der Waals surface area contributed by atoms with E-state index in [1.165, 1.54) is 0 Å². The summed E-state index contributed by atoms with van der Waals surface area (Å²) in [5, 5.41) is 3.29. The molecule has 1 aromatic heterocycles. The molecule has 0 saturated carbocycles. The molecule has 0 aliphatic carbocycles. The zero-order chi connectivity index (χ0) is 15.1. The average molecular weight is 285 g/mol. The predicted molar refractivity (Wildman–Crippen MR) is 82.3 cm³/mol. The SMILES string of the molecule is CCCNc1ccnc(COc2ccccc2C(N)=O)c1. The number of hydrogen-bond acceptors (Lipinski definition) is 4. The maximum absolute atomic E-state index is 11.3. The molecule has 1 heterocycles. The van der Waals surface area contributed by atoms with Crippen molar-refractivity contribution < 1.29 is 9.53 Å². The summed E-state index contributed by atoms with van der Waals surface area (Å²) >= 11 is 0. The minimum absolute atomic E-state index is 0.284. The maximum Gasteiger partial charge on any atom is 0.252 e. The van der Waals surface area contributed by atoms with Gasteiger partial charge >= 0.3 is 0 Å². The quantitative estimate of drug-likeness (QED) is 0.819. The average Bonchev–Trinajstić information content (AvgIpc) is 2.51. The Morgan fingerprint density at radius 1 is 1.33 bits per heavy atom. The Labute approximate surface area is 124 Å². The summed E-state index contributed by atoms with van der Waals surface area (Å²) in [6, 6.07) is 10.8. The molecule has 1 amide bonds. The molecule has 2 aromatic rings. The fourth-order valence-electron chi connectivity index (χ4n) is 1.88. The van der Waals surface area contributed by atoms with E-state index in [2.05, 4.69) is 17.2 Å². The third-order valence-electron chi connectivity index (χ3n) is 2.92. The molecule has 0 aliphatic heterocycles. The Morgan fingerprint density at radius 3 is 2.90 bits per heavy atom. The number of benzene rings is 1. The van der Waals surface area contributed by atoms with E-state index >= 15 is 0 Å². The second-order valence-corrected chi connectivity index (χ2v) is 4.61. The van der Waals surface area contributed by atoms with Crippen molar-refractivity contribution in [3.05, 3.63) is 53.9 Å². The second kappa shape index (κ2) is 7.28. The van der Waals surface area contributed by atoms with Crippen molar-refractivity contribution in [1.82, 2.24) is 4.98 Å². The highest BCUT2D eigenvalue weighted by molar-refractivity contribution is 5.95. The van der Waals surface area contributed by atoms with Gasteiger partial charge in [0, 0.05) is 18.4 Å². The molecule has 0 aliphatic rings. The smallest absolute Gasteiger partial charge is 0.252 e. The molecule has 21 heavy (non-hydrogen) atoms. The molecule has 2 rings (SSSR count). The van der Waals surface area contributed by atoms with Crippen molar-refractivity contribution >= 4 is 11.6 Å². The number of primary amides is 1. The Bertz CT molecular complexity index is 614. The molecule has 5 nitrogen and oxygen atoms in total. The summed E-state index contributed by atoms with van der Waals surface area (Å²) in [5.74, 6) is -0.0318. The van der Waals surface area contributed by atoms with Crippen molar-refractivity contribution in [1.29, 1.82) is 0 Å². The van der Waals surface area contributed by atoms with Gasteiger partial charge in [0.05, 0.1) is 11.3 Å². The molecule has 0 unspecified atom stereocenters. The topological polar surface area (TPSA) is 77.2 Å². The minimum Gasteiger partial charge on any atom is -0.486 e. The highest BCUT2D eigenvalue weighted by Gasteiger charge is 2.08. The van der Waals surface area contributed by atoms with Gasteiger partial charge in [0.2, 0.25) is 0 Å². The van der Waals surface area contributed by atoms with Crippen molar-refractivity contribution in [2.75, 3.05) is 11.9 Å². The van der Waals surface area contributed by atoms with Crippen LogP contribution in [0.1, 0.15) is 29.4 Å². The Kier molecular flexibility index (Phi) is 5.15. The van der Waals surface area contributed by atoms with Gasteiger partial charge < -0.3 is 15.8 Å². The van der Waals surface area contributed by atoms with Crippen molar-refractivity contribution in [3.63, 3.8) is 0 Å². The molecule has 3 N–H and O–H groups in total. The molecule has 110 valence electrons. The number of pyridine rings is 1. The molecule has 0 bridgehead atoms. The van der Waals surface area contributed by atoms with Crippen LogP contribution >= 0.6 is 0 Å². The lowest BCUT2D eigenvalue weighted by Gasteiger charge is -2.10. The molecule has 0 radical (unpaired) electrons. The largest absolute Gasteiger partial charge is 0.486 e. The molecule has 1 aromatic carbocycles. The van der Waals surface area contributed by atoms with E-state index in [9.17, 15) is 4.79 Å². The lowest BCUT2D eigenvalue weighted by molar-refractivity contribution is 0.0996. The highest BCUT2D eigenvalue weighted by Crippen LogP contribution is 2.19. The van der Waals surface area contributed by atoms with Crippen LogP contribution in [-0.4, -0.2) is 17.4 Å². The van der Waals surface area contributed by atoms with E-state index in [4.69, 9.17) is 10.5 Å². The lowest BCUT2D eigenvalue weighted by Crippen LogP contribution is -2.13. The molecule has 0 saturated heterocycles. The number of nitrogens with zero attached hydrogens (tertiary/aromatic N) is 1. The highest BCUT2D eigenvalue weighted by atomic mass is 16.5. The van der Waals surface area contributed by atoms with Crippen LogP contribution in [-0.2, 0) is 6.61 Å². The van der Waals surface area contributed by atoms with Crippen molar-refractivity contribution in [2.24, 2.45) is 5.73 Å². The van der Waals surface area contributed by atoms with Gasteiger partial charge in [-0.3, -0.25) is 9.78 Å². The van der Waals surface area contributed by atoms with Crippen LogP contribution < -0.4 is 15.8 Å². The van der Waals surface area contributed by atoms with Crippen LogP contribution in [0.3, 0.4) is 0 Å². The summed E-state index contributed by atoms with van der Waals surface area (Å²) < 4.78 is 5.65. The first-order valence-electron chi connectivity index (χ1n) is 6.91. The monoisotopic (exact) mass is 285 g/mol.